The fourth-order valence-electron chi connectivity index (χ4n) is 3.29. The largest absolute Gasteiger partial charge is 0.494 e. The summed E-state index contributed by atoms with van der Waals surface area (Å²) in [6, 6.07) is 22.9. The van der Waals surface area contributed by atoms with Gasteiger partial charge in [0.05, 0.1) is 6.61 Å². The Bertz CT molecular complexity index is 930. The molecule has 0 unspecified atom stereocenters. The van der Waals surface area contributed by atoms with E-state index in [-0.39, 0.29) is 17.9 Å². The third-order valence-corrected chi connectivity index (χ3v) is 4.47. The number of benzene rings is 3. The highest BCUT2D eigenvalue weighted by Gasteiger charge is 2.18. The molecule has 0 aliphatic carbocycles. The fourth-order valence-corrected chi connectivity index (χ4v) is 3.29. The molecule has 0 atom stereocenters. The van der Waals surface area contributed by atoms with Crippen molar-refractivity contribution < 1.29 is 23.8 Å². The van der Waals surface area contributed by atoms with Gasteiger partial charge in [-0.2, -0.15) is 0 Å². The van der Waals surface area contributed by atoms with E-state index in [1.807, 2.05) is 55.5 Å². The van der Waals surface area contributed by atoms with Crippen LogP contribution < -0.4 is 14.2 Å². The second kappa shape index (κ2) is 9.74. The highest BCUT2D eigenvalue weighted by molar-refractivity contribution is 5.69. The second-order valence-corrected chi connectivity index (χ2v) is 6.76. The van der Waals surface area contributed by atoms with Gasteiger partial charge in [0.2, 0.25) is 0 Å². The van der Waals surface area contributed by atoms with Gasteiger partial charge in [0.1, 0.15) is 17.2 Å². The Kier molecular flexibility index (Phi) is 6.86. The first kappa shape index (κ1) is 21.1. The number of carbonyl (C=O) groups excluding carboxylic acids is 2. The van der Waals surface area contributed by atoms with Gasteiger partial charge in [-0.25, -0.2) is 0 Å². The molecule has 3 aromatic carbocycles. The average Bonchev–Trinajstić information content (AvgIpc) is 2.71. The molecule has 0 fully saturated rings. The van der Waals surface area contributed by atoms with E-state index in [1.165, 1.54) is 13.8 Å². The Balaban J connectivity index is 1.97. The van der Waals surface area contributed by atoms with E-state index in [0.29, 0.717) is 18.1 Å². The summed E-state index contributed by atoms with van der Waals surface area (Å²) in [4.78, 5) is 22.4. The molecule has 30 heavy (non-hydrogen) atoms. The Morgan fingerprint density at radius 2 is 0.967 bits per heavy atom. The van der Waals surface area contributed by atoms with E-state index in [9.17, 15) is 9.59 Å². The van der Waals surface area contributed by atoms with Crippen LogP contribution in [-0.2, 0) is 9.59 Å². The Morgan fingerprint density at radius 1 is 0.633 bits per heavy atom. The van der Waals surface area contributed by atoms with Crippen LogP contribution in [0.15, 0.2) is 72.8 Å². The number of rotatable bonds is 7. The van der Waals surface area contributed by atoms with Crippen LogP contribution in [0.2, 0.25) is 0 Å². The van der Waals surface area contributed by atoms with Gasteiger partial charge in [0, 0.05) is 19.8 Å². The number of carbonyl (C=O) groups is 2. The van der Waals surface area contributed by atoms with Gasteiger partial charge in [-0.1, -0.05) is 36.4 Å². The van der Waals surface area contributed by atoms with Crippen molar-refractivity contribution in [1.82, 2.24) is 0 Å². The Labute approximate surface area is 176 Å². The van der Waals surface area contributed by atoms with Crippen LogP contribution in [0.1, 0.15) is 43.4 Å². The SMILES string of the molecule is CCOc1ccc(C(c2ccc(OC(C)=O)cc2)c2ccc(OC(C)=O)cc2)cc1. The van der Waals surface area contributed by atoms with Crippen molar-refractivity contribution in [3.63, 3.8) is 0 Å². The maximum atomic E-state index is 11.2. The lowest BCUT2D eigenvalue weighted by atomic mass is 9.85. The molecule has 154 valence electrons. The van der Waals surface area contributed by atoms with Crippen molar-refractivity contribution in [2.75, 3.05) is 6.61 Å². The molecule has 0 N–H and O–H groups in total. The average molecular weight is 404 g/mol. The summed E-state index contributed by atoms with van der Waals surface area (Å²) < 4.78 is 15.9. The third-order valence-electron chi connectivity index (χ3n) is 4.47. The molecule has 0 saturated heterocycles. The van der Waals surface area contributed by atoms with Crippen LogP contribution in [0, 0.1) is 0 Å². The first-order valence-corrected chi connectivity index (χ1v) is 9.75. The summed E-state index contributed by atoms with van der Waals surface area (Å²) in [7, 11) is 0. The van der Waals surface area contributed by atoms with Crippen LogP contribution in [0.5, 0.6) is 17.2 Å². The predicted octanol–water partition coefficient (Wildman–Crippen LogP) is 5.12. The molecule has 5 heteroatoms. The van der Waals surface area contributed by atoms with Crippen molar-refractivity contribution in [1.29, 1.82) is 0 Å². The van der Waals surface area contributed by atoms with Gasteiger partial charge in [0.15, 0.2) is 0 Å². The first-order valence-electron chi connectivity index (χ1n) is 9.75. The van der Waals surface area contributed by atoms with E-state index in [1.54, 1.807) is 24.3 Å². The summed E-state index contributed by atoms with van der Waals surface area (Å²) in [5.41, 5.74) is 3.16. The van der Waals surface area contributed by atoms with Crippen molar-refractivity contribution in [3.05, 3.63) is 89.5 Å². The minimum absolute atomic E-state index is 0.0570. The molecule has 0 saturated carbocycles. The first-order chi connectivity index (χ1) is 14.5. The topological polar surface area (TPSA) is 61.8 Å². The minimum Gasteiger partial charge on any atom is -0.494 e. The van der Waals surface area contributed by atoms with Gasteiger partial charge in [0.25, 0.3) is 0 Å². The summed E-state index contributed by atoms with van der Waals surface area (Å²) in [5.74, 6) is 1.05. The van der Waals surface area contributed by atoms with Gasteiger partial charge in [-0.3, -0.25) is 9.59 Å². The zero-order valence-corrected chi connectivity index (χ0v) is 17.3. The van der Waals surface area contributed by atoms with Crippen molar-refractivity contribution in [3.8, 4) is 17.2 Å². The zero-order chi connectivity index (χ0) is 21.5. The quantitative estimate of drug-likeness (QED) is 0.311. The maximum Gasteiger partial charge on any atom is 0.308 e. The number of hydrogen-bond acceptors (Lipinski definition) is 5. The van der Waals surface area contributed by atoms with Crippen molar-refractivity contribution in [2.24, 2.45) is 0 Å². The van der Waals surface area contributed by atoms with E-state index < -0.39 is 0 Å². The molecule has 0 heterocycles. The van der Waals surface area contributed by atoms with Crippen LogP contribution in [0.25, 0.3) is 0 Å². The molecule has 0 aliphatic heterocycles. The molecule has 0 bridgehead atoms. The van der Waals surface area contributed by atoms with E-state index in [0.717, 1.165) is 22.4 Å². The molecule has 0 aromatic heterocycles. The van der Waals surface area contributed by atoms with Gasteiger partial charge in [-0.15, -0.1) is 0 Å². The molecule has 3 aromatic rings. The predicted molar refractivity (Wildman–Crippen MR) is 114 cm³/mol. The lowest BCUT2D eigenvalue weighted by Gasteiger charge is -2.20. The standard InChI is InChI=1S/C25H24O5/c1-4-28-22-11-5-19(6-12-22)25(20-7-13-23(14-8-20)29-17(2)26)21-9-15-24(16-10-21)30-18(3)27/h5-16,25H,4H2,1-3H3. The minimum atomic E-state index is -0.355. The maximum absolute atomic E-state index is 11.2. The smallest absolute Gasteiger partial charge is 0.308 e. The molecule has 5 nitrogen and oxygen atoms in total. The van der Waals surface area contributed by atoms with Crippen LogP contribution in [0.3, 0.4) is 0 Å². The number of ether oxygens (including phenoxy) is 3. The monoisotopic (exact) mass is 404 g/mol. The van der Waals surface area contributed by atoms with Gasteiger partial charge in [-0.05, 0) is 60.0 Å². The molecule has 0 radical (unpaired) electrons. The lowest BCUT2D eigenvalue weighted by molar-refractivity contribution is -0.132. The van der Waals surface area contributed by atoms with Crippen LogP contribution in [-0.4, -0.2) is 18.5 Å². The summed E-state index contributed by atoms with van der Waals surface area (Å²) in [5, 5.41) is 0. The lowest BCUT2D eigenvalue weighted by Crippen LogP contribution is -2.06. The summed E-state index contributed by atoms with van der Waals surface area (Å²) in [6.07, 6.45) is 0. The third kappa shape index (κ3) is 5.47. The van der Waals surface area contributed by atoms with E-state index in [2.05, 4.69) is 0 Å². The van der Waals surface area contributed by atoms with Crippen LogP contribution >= 0.6 is 0 Å². The number of hydrogen-bond donors (Lipinski definition) is 0. The van der Waals surface area contributed by atoms with Crippen molar-refractivity contribution >= 4 is 11.9 Å². The Hall–Kier alpha value is -3.60. The number of esters is 2. The molecule has 0 spiro atoms. The van der Waals surface area contributed by atoms with Gasteiger partial charge < -0.3 is 14.2 Å². The summed E-state index contributed by atoms with van der Waals surface area (Å²) >= 11 is 0. The molecular formula is C25H24O5. The fraction of sp³-hybridized carbons (Fsp3) is 0.200. The normalized spacial score (nSPS) is 10.5. The van der Waals surface area contributed by atoms with Gasteiger partial charge >= 0.3 is 11.9 Å². The molecular weight excluding hydrogens is 380 g/mol. The zero-order valence-electron chi connectivity index (χ0n) is 17.3. The molecule has 0 aliphatic rings. The second-order valence-electron chi connectivity index (χ2n) is 6.76. The highest BCUT2D eigenvalue weighted by atomic mass is 16.5. The van der Waals surface area contributed by atoms with Crippen LogP contribution in [0.4, 0.5) is 0 Å². The Morgan fingerprint density at radius 3 is 1.27 bits per heavy atom. The molecule has 3 rings (SSSR count). The van der Waals surface area contributed by atoms with Crippen molar-refractivity contribution in [2.45, 2.75) is 26.7 Å². The highest BCUT2D eigenvalue weighted by Crippen LogP contribution is 2.34. The van der Waals surface area contributed by atoms with E-state index in [4.69, 9.17) is 14.2 Å². The van der Waals surface area contributed by atoms with E-state index >= 15 is 0 Å². The molecule has 0 amide bonds. The summed E-state index contributed by atoms with van der Waals surface area (Å²) in [6.45, 7) is 5.31.